The first-order valence-corrected chi connectivity index (χ1v) is 8.42. The fraction of sp³-hybridized carbons (Fsp3) is 0.444. The van der Waals surface area contributed by atoms with Gasteiger partial charge in [-0.2, -0.15) is 10.4 Å². The summed E-state index contributed by atoms with van der Waals surface area (Å²) in [5, 5.41) is 13.7. The average molecular weight is 339 g/mol. The Balaban J connectivity index is 1.91. The van der Waals surface area contributed by atoms with E-state index in [2.05, 4.69) is 20.9 Å². The molecule has 0 aliphatic heterocycles. The number of anilines is 1. The van der Waals surface area contributed by atoms with Crippen molar-refractivity contribution >= 4 is 11.8 Å². The minimum Gasteiger partial charge on any atom is -0.469 e. The number of rotatable bonds is 5. The third-order valence-corrected chi connectivity index (χ3v) is 4.67. The summed E-state index contributed by atoms with van der Waals surface area (Å²) in [7, 11) is 1.36. The van der Waals surface area contributed by atoms with Gasteiger partial charge in [0.15, 0.2) is 0 Å². The normalized spacial score (nSPS) is 14.4. The minimum absolute atomic E-state index is 0.245. The Kier molecular flexibility index (Phi) is 4.98. The number of aryl methyl sites for hydroxylation is 1. The Morgan fingerprint density at radius 1 is 1.48 bits per heavy atom. The predicted molar refractivity (Wildman–Crippen MR) is 92.4 cm³/mol. The van der Waals surface area contributed by atoms with E-state index in [4.69, 9.17) is 5.73 Å². The second-order valence-electron chi connectivity index (χ2n) is 6.27. The lowest BCUT2D eigenvalue weighted by atomic mass is 9.97. The van der Waals surface area contributed by atoms with Crippen LogP contribution in [0.5, 0.6) is 0 Å². The van der Waals surface area contributed by atoms with Gasteiger partial charge in [-0.1, -0.05) is 12.8 Å². The van der Waals surface area contributed by atoms with Gasteiger partial charge in [-0.15, -0.1) is 0 Å². The third kappa shape index (κ3) is 3.63. The fourth-order valence-corrected chi connectivity index (χ4v) is 3.29. The molecule has 0 saturated heterocycles. The lowest BCUT2D eigenvalue weighted by Crippen LogP contribution is -2.07. The van der Waals surface area contributed by atoms with E-state index in [0.717, 1.165) is 29.7 Å². The molecular weight excluding hydrogens is 318 g/mol. The van der Waals surface area contributed by atoms with Crippen LogP contribution in [0.15, 0.2) is 18.5 Å². The van der Waals surface area contributed by atoms with Crippen molar-refractivity contribution in [3.8, 4) is 17.2 Å². The molecule has 0 amide bonds. The van der Waals surface area contributed by atoms with E-state index in [1.165, 1.54) is 20.0 Å². The number of esters is 1. The molecule has 0 bridgehead atoms. The summed E-state index contributed by atoms with van der Waals surface area (Å²) < 4.78 is 6.31. The Bertz CT molecular complexity index is 815. The van der Waals surface area contributed by atoms with Crippen LogP contribution in [0.25, 0.3) is 11.1 Å². The summed E-state index contributed by atoms with van der Waals surface area (Å²) in [5.74, 6) is 0.388. The molecule has 0 atom stereocenters. The number of aromatic nitrogens is 3. The summed E-state index contributed by atoms with van der Waals surface area (Å²) in [4.78, 5) is 15.7. The zero-order valence-corrected chi connectivity index (χ0v) is 14.2. The Labute approximate surface area is 146 Å². The maximum atomic E-state index is 11.3. The van der Waals surface area contributed by atoms with Gasteiger partial charge in [0.05, 0.1) is 26.3 Å². The molecule has 1 saturated carbocycles. The molecule has 1 aliphatic rings. The third-order valence-electron chi connectivity index (χ3n) is 4.67. The van der Waals surface area contributed by atoms with E-state index >= 15 is 0 Å². The zero-order valence-electron chi connectivity index (χ0n) is 14.2. The summed E-state index contributed by atoms with van der Waals surface area (Å²) in [6.07, 6.45) is 8.36. The number of nitrogen functional groups attached to an aromatic ring is 1. The highest BCUT2D eigenvalue weighted by molar-refractivity contribution is 5.75. The van der Waals surface area contributed by atoms with E-state index in [0.29, 0.717) is 18.0 Å². The van der Waals surface area contributed by atoms with Crippen molar-refractivity contribution in [2.24, 2.45) is 0 Å². The van der Waals surface area contributed by atoms with E-state index < -0.39 is 0 Å². The number of pyridine rings is 1. The van der Waals surface area contributed by atoms with Crippen molar-refractivity contribution in [3.05, 3.63) is 29.7 Å². The average Bonchev–Trinajstić information content (AvgIpc) is 3.30. The van der Waals surface area contributed by atoms with Gasteiger partial charge in [0.1, 0.15) is 17.5 Å². The Morgan fingerprint density at radius 2 is 2.24 bits per heavy atom. The van der Waals surface area contributed by atoms with Gasteiger partial charge < -0.3 is 10.5 Å². The molecule has 1 aliphatic carbocycles. The first kappa shape index (κ1) is 17.0. The molecular formula is C18H21N5O2. The van der Waals surface area contributed by atoms with Crippen molar-refractivity contribution in [1.29, 1.82) is 5.26 Å². The van der Waals surface area contributed by atoms with Crippen LogP contribution in [0.1, 0.15) is 49.3 Å². The molecule has 0 radical (unpaired) electrons. The Morgan fingerprint density at radius 3 is 2.92 bits per heavy atom. The lowest BCUT2D eigenvalue weighted by Gasteiger charge is -2.13. The second kappa shape index (κ2) is 7.34. The zero-order chi connectivity index (χ0) is 17.8. The summed E-state index contributed by atoms with van der Waals surface area (Å²) in [6, 6.07) is 4.11. The van der Waals surface area contributed by atoms with Crippen LogP contribution in [0, 0.1) is 11.3 Å². The number of nitrogens with two attached hydrogens (primary N) is 1. The fourth-order valence-electron chi connectivity index (χ4n) is 3.29. The second-order valence-corrected chi connectivity index (χ2v) is 6.27. The van der Waals surface area contributed by atoms with Gasteiger partial charge in [-0.3, -0.25) is 9.48 Å². The van der Waals surface area contributed by atoms with E-state index in [-0.39, 0.29) is 18.2 Å². The van der Waals surface area contributed by atoms with Crippen LogP contribution >= 0.6 is 0 Å². The molecule has 0 aromatic carbocycles. The predicted octanol–water partition coefficient (Wildman–Crippen LogP) is 2.62. The van der Waals surface area contributed by atoms with Gasteiger partial charge in [0.2, 0.25) is 0 Å². The number of hydrogen-bond donors (Lipinski definition) is 1. The van der Waals surface area contributed by atoms with Crippen LogP contribution in [-0.2, 0) is 16.1 Å². The molecule has 2 N–H and O–H groups in total. The van der Waals surface area contributed by atoms with Crippen LogP contribution in [0.3, 0.4) is 0 Å². The molecule has 2 heterocycles. The van der Waals surface area contributed by atoms with Crippen molar-refractivity contribution in [3.63, 3.8) is 0 Å². The molecule has 7 heteroatoms. The molecule has 1 fully saturated rings. The van der Waals surface area contributed by atoms with Crippen LogP contribution in [0.2, 0.25) is 0 Å². The number of nitriles is 1. The van der Waals surface area contributed by atoms with E-state index in [1.54, 1.807) is 10.9 Å². The number of carbonyl (C=O) groups excluding carboxylic acids is 1. The van der Waals surface area contributed by atoms with Crippen LogP contribution in [0.4, 0.5) is 5.82 Å². The molecule has 0 unspecified atom stereocenters. The highest BCUT2D eigenvalue weighted by Gasteiger charge is 2.22. The van der Waals surface area contributed by atoms with Gasteiger partial charge in [0, 0.05) is 28.9 Å². The smallest absolute Gasteiger partial charge is 0.307 e. The van der Waals surface area contributed by atoms with E-state index in [9.17, 15) is 10.1 Å². The van der Waals surface area contributed by atoms with E-state index in [1.807, 2.05) is 12.3 Å². The number of carbonyl (C=O) groups is 1. The molecule has 25 heavy (non-hydrogen) atoms. The Hall–Kier alpha value is -2.88. The first-order valence-electron chi connectivity index (χ1n) is 8.42. The summed E-state index contributed by atoms with van der Waals surface area (Å²) in [5.41, 5.74) is 8.91. The highest BCUT2D eigenvalue weighted by atomic mass is 16.5. The number of methoxy groups -OCH3 is 1. The maximum Gasteiger partial charge on any atom is 0.307 e. The highest BCUT2D eigenvalue weighted by Crippen LogP contribution is 2.36. The molecule has 7 nitrogen and oxygen atoms in total. The van der Waals surface area contributed by atoms with Gasteiger partial charge in [-0.25, -0.2) is 4.98 Å². The van der Waals surface area contributed by atoms with Crippen molar-refractivity contribution < 1.29 is 9.53 Å². The molecule has 2 aromatic heterocycles. The van der Waals surface area contributed by atoms with Crippen molar-refractivity contribution in [1.82, 2.24) is 14.8 Å². The summed E-state index contributed by atoms with van der Waals surface area (Å²) >= 11 is 0. The van der Waals surface area contributed by atoms with Crippen molar-refractivity contribution in [2.75, 3.05) is 12.8 Å². The monoisotopic (exact) mass is 339 g/mol. The minimum atomic E-state index is -0.286. The largest absolute Gasteiger partial charge is 0.469 e. The van der Waals surface area contributed by atoms with Crippen molar-refractivity contribution in [2.45, 2.75) is 44.6 Å². The van der Waals surface area contributed by atoms with Gasteiger partial charge in [0.25, 0.3) is 0 Å². The molecule has 130 valence electrons. The molecule has 2 aromatic rings. The number of ether oxygens (including phenoxy) is 1. The van der Waals surface area contributed by atoms with Crippen LogP contribution < -0.4 is 5.73 Å². The SMILES string of the molecule is COC(=O)CCn1cc(-c2cc(C3CCCC3)nc(N)c2C#N)cn1. The number of hydrogen-bond acceptors (Lipinski definition) is 6. The van der Waals surface area contributed by atoms with Gasteiger partial charge in [-0.05, 0) is 18.9 Å². The van der Waals surface area contributed by atoms with Gasteiger partial charge >= 0.3 is 5.97 Å². The quantitative estimate of drug-likeness (QED) is 0.839. The topological polar surface area (TPSA) is 107 Å². The molecule has 0 spiro atoms. The number of nitrogens with zero attached hydrogens (tertiary/aromatic N) is 4. The standard InChI is InChI=1S/C18H21N5O2/c1-25-17(24)6-7-23-11-13(10-21-23)14-8-16(12-4-2-3-5-12)22-18(20)15(14)9-19/h8,10-12H,2-7H2,1H3,(H2,20,22). The first-order chi connectivity index (χ1) is 12.1. The molecule has 3 rings (SSSR count). The summed E-state index contributed by atoms with van der Waals surface area (Å²) in [6.45, 7) is 0.421. The maximum absolute atomic E-state index is 11.3. The van der Waals surface area contributed by atoms with Crippen LogP contribution in [-0.4, -0.2) is 27.8 Å². The lowest BCUT2D eigenvalue weighted by molar-refractivity contribution is -0.140.